The lowest BCUT2D eigenvalue weighted by atomic mass is 9.85. The van der Waals surface area contributed by atoms with Gasteiger partial charge in [0.15, 0.2) is 6.61 Å². The molecule has 176 valence electrons. The van der Waals surface area contributed by atoms with Gasteiger partial charge < -0.3 is 10.1 Å². The predicted molar refractivity (Wildman–Crippen MR) is 127 cm³/mol. The monoisotopic (exact) mass is 460 g/mol. The van der Waals surface area contributed by atoms with Crippen molar-refractivity contribution in [2.75, 3.05) is 11.9 Å². The summed E-state index contributed by atoms with van der Waals surface area (Å²) in [5.74, 6) is -2.86. The number of hydrogen-bond donors (Lipinski definition) is 1. The number of likely N-dealkylation sites (tertiary alicyclic amines) is 1. The van der Waals surface area contributed by atoms with Crippen molar-refractivity contribution in [3.8, 4) is 0 Å². The van der Waals surface area contributed by atoms with Crippen molar-refractivity contribution in [3.63, 3.8) is 0 Å². The summed E-state index contributed by atoms with van der Waals surface area (Å²) in [5.41, 5.74) is 3.52. The van der Waals surface area contributed by atoms with Crippen molar-refractivity contribution in [1.29, 1.82) is 0 Å². The molecule has 1 aliphatic heterocycles. The highest BCUT2D eigenvalue weighted by atomic mass is 16.5. The van der Waals surface area contributed by atoms with E-state index in [0.717, 1.165) is 21.6 Å². The Morgan fingerprint density at radius 2 is 1.62 bits per heavy atom. The molecule has 4 rings (SSSR count). The van der Waals surface area contributed by atoms with Crippen LogP contribution in [0.3, 0.4) is 0 Å². The van der Waals surface area contributed by atoms with Gasteiger partial charge >= 0.3 is 5.97 Å². The van der Waals surface area contributed by atoms with Crippen LogP contribution >= 0.6 is 0 Å². The molecule has 1 fully saturated rings. The average molecular weight is 461 g/mol. The Balaban J connectivity index is 1.48. The molecule has 0 radical (unpaired) electrons. The van der Waals surface area contributed by atoms with E-state index in [1.54, 1.807) is 6.07 Å². The zero-order chi connectivity index (χ0) is 24.2. The maximum Gasteiger partial charge on any atom is 0.330 e. The largest absolute Gasteiger partial charge is 0.454 e. The zero-order valence-electron chi connectivity index (χ0n) is 19.3. The van der Waals surface area contributed by atoms with Crippen LogP contribution in [0.15, 0.2) is 60.7 Å². The minimum absolute atomic E-state index is 0.128. The number of anilines is 1. The maximum absolute atomic E-state index is 13.1. The Morgan fingerprint density at radius 1 is 0.971 bits per heavy atom. The number of carbonyl (C=O) groups is 4. The van der Waals surface area contributed by atoms with Crippen LogP contribution in [0.25, 0.3) is 0 Å². The molecular formula is C27H28N2O5. The van der Waals surface area contributed by atoms with E-state index in [1.807, 2.05) is 68.5 Å². The summed E-state index contributed by atoms with van der Waals surface area (Å²) < 4.78 is 5.31. The Bertz CT molecular complexity index is 1110. The highest BCUT2D eigenvalue weighted by molar-refractivity contribution is 6.08. The Hall–Kier alpha value is -3.74. The third kappa shape index (κ3) is 4.93. The zero-order valence-corrected chi connectivity index (χ0v) is 19.3. The van der Waals surface area contributed by atoms with Gasteiger partial charge in [0, 0.05) is 12.1 Å². The molecule has 1 N–H and O–H groups in total. The van der Waals surface area contributed by atoms with Gasteiger partial charge in [0.25, 0.3) is 5.91 Å². The average Bonchev–Trinajstić information content (AvgIpc) is 3.09. The first kappa shape index (κ1) is 23.4. The first-order chi connectivity index (χ1) is 16.3. The second-order valence-electron chi connectivity index (χ2n) is 8.86. The minimum Gasteiger partial charge on any atom is -0.454 e. The lowest BCUT2D eigenvalue weighted by Gasteiger charge is -2.25. The van der Waals surface area contributed by atoms with Crippen molar-refractivity contribution in [2.45, 2.75) is 39.2 Å². The summed E-state index contributed by atoms with van der Waals surface area (Å²) >= 11 is 0. The quantitative estimate of drug-likeness (QED) is 0.389. The minimum atomic E-state index is -1.12. The van der Waals surface area contributed by atoms with Gasteiger partial charge in [-0.25, -0.2) is 4.79 Å². The fourth-order valence-electron chi connectivity index (χ4n) is 4.50. The molecule has 0 bridgehead atoms. The van der Waals surface area contributed by atoms with Gasteiger partial charge in [-0.1, -0.05) is 48.6 Å². The summed E-state index contributed by atoms with van der Waals surface area (Å²) in [6.45, 7) is 3.40. The molecule has 34 heavy (non-hydrogen) atoms. The number of benzene rings is 2. The smallest absolute Gasteiger partial charge is 0.330 e. The van der Waals surface area contributed by atoms with E-state index >= 15 is 0 Å². The molecule has 2 aromatic rings. The second kappa shape index (κ2) is 10.0. The Morgan fingerprint density at radius 3 is 2.24 bits per heavy atom. The van der Waals surface area contributed by atoms with Crippen LogP contribution in [-0.2, 0) is 30.3 Å². The van der Waals surface area contributed by atoms with Crippen LogP contribution in [0, 0.1) is 25.7 Å². The first-order valence-corrected chi connectivity index (χ1v) is 11.4. The lowest BCUT2D eigenvalue weighted by Crippen LogP contribution is -2.48. The highest BCUT2D eigenvalue weighted by Crippen LogP contribution is 2.36. The van der Waals surface area contributed by atoms with Gasteiger partial charge in [0.2, 0.25) is 11.8 Å². The van der Waals surface area contributed by atoms with E-state index in [2.05, 4.69) is 5.32 Å². The summed E-state index contributed by atoms with van der Waals surface area (Å²) in [6, 6.07) is 13.5. The van der Waals surface area contributed by atoms with E-state index < -0.39 is 36.4 Å². The van der Waals surface area contributed by atoms with Gasteiger partial charge in [-0.3, -0.25) is 19.3 Å². The van der Waals surface area contributed by atoms with Gasteiger partial charge in [-0.05, 0) is 55.5 Å². The number of nitrogens with zero attached hydrogens (tertiary/aromatic N) is 1. The number of allylic oxidation sites excluding steroid dienone is 2. The molecule has 2 aliphatic rings. The van der Waals surface area contributed by atoms with Crippen LogP contribution in [0.1, 0.15) is 29.5 Å². The van der Waals surface area contributed by atoms with E-state index in [1.165, 1.54) is 0 Å². The van der Waals surface area contributed by atoms with Crippen LogP contribution in [-0.4, -0.2) is 41.2 Å². The van der Waals surface area contributed by atoms with Gasteiger partial charge in [-0.15, -0.1) is 0 Å². The van der Waals surface area contributed by atoms with Crippen molar-refractivity contribution in [2.24, 2.45) is 11.8 Å². The van der Waals surface area contributed by atoms with Crippen LogP contribution in [0.5, 0.6) is 0 Å². The standard InChI is InChI=1S/C27H28N2O5/c1-17-12-13-20(14-18(17)2)28-24(30)16-34-27(33)23(15-19-8-4-3-5-9-19)29-25(31)21-10-6-7-11-22(21)26(29)32/h3-9,12-14,21-23H,10-11,15-16H2,1-2H3,(H,28,30)/t21-,22+,23-/m1/s1. The number of fused-ring (bicyclic) bond motifs is 1. The molecule has 1 heterocycles. The number of hydrogen-bond acceptors (Lipinski definition) is 5. The molecule has 7 heteroatoms. The Kier molecular flexibility index (Phi) is 6.91. The van der Waals surface area contributed by atoms with Crippen LogP contribution < -0.4 is 5.32 Å². The number of aryl methyl sites for hydroxylation is 2. The molecule has 7 nitrogen and oxygen atoms in total. The second-order valence-corrected chi connectivity index (χ2v) is 8.86. The molecule has 2 aromatic carbocycles. The number of ether oxygens (including phenoxy) is 1. The number of amides is 3. The topological polar surface area (TPSA) is 92.8 Å². The third-order valence-corrected chi connectivity index (χ3v) is 6.53. The van der Waals surface area contributed by atoms with Crippen molar-refractivity contribution in [3.05, 3.63) is 77.4 Å². The van der Waals surface area contributed by atoms with Crippen LogP contribution in [0.4, 0.5) is 5.69 Å². The fourth-order valence-corrected chi connectivity index (χ4v) is 4.50. The summed E-state index contributed by atoms with van der Waals surface area (Å²) in [5, 5.41) is 2.71. The van der Waals surface area contributed by atoms with Crippen molar-refractivity contribution < 1.29 is 23.9 Å². The van der Waals surface area contributed by atoms with Crippen molar-refractivity contribution in [1.82, 2.24) is 4.90 Å². The van der Waals surface area contributed by atoms with Gasteiger partial charge in [-0.2, -0.15) is 0 Å². The number of nitrogens with one attached hydrogen (secondary N) is 1. The number of esters is 1. The lowest BCUT2D eigenvalue weighted by molar-refractivity contribution is -0.159. The van der Waals surface area contributed by atoms with Gasteiger partial charge in [0.05, 0.1) is 11.8 Å². The predicted octanol–water partition coefficient (Wildman–Crippen LogP) is 3.35. The number of carbonyl (C=O) groups excluding carboxylic acids is 4. The van der Waals surface area contributed by atoms with Gasteiger partial charge in [0.1, 0.15) is 6.04 Å². The van der Waals surface area contributed by atoms with E-state index in [-0.39, 0.29) is 18.2 Å². The molecule has 0 aromatic heterocycles. The molecule has 0 spiro atoms. The van der Waals surface area contributed by atoms with E-state index in [9.17, 15) is 19.2 Å². The maximum atomic E-state index is 13.1. The highest BCUT2D eigenvalue weighted by Gasteiger charge is 2.51. The summed E-state index contributed by atoms with van der Waals surface area (Å²) in [6.07, 6.45) is 4.90. The van der Waals surface area contributed by atoms with Crippen molar-refractivity contribution >= 4 is 29.4 Å². The normalized spacial score (nSPS) is 20.1. The molecule has 3 amide bonds. The molecule has 3 atom stereocenters. The number of rotatable bonds is 7. The SMILES string of the molecule is Cc1ccc(NC(=O)COC(=O)[C@@H](Cc2ccccc2)N2C(=O)[C@H]3CC=CC[C@H]3C2=O)cc1C. The van der Waals surface area contributed by atoms with E-state index in [0.29, 0.717) is 18.5 Å². The number of imide groups is 1. The molecular weight excluding hydrogens is 432 g/mol. The summed E-state index contributed by atoms with van der Waals surface area (Å²) in [4.78, 5) is 52.8. The molecule has 0 unspecified atom stereocenters. The molecule has 1 saturated heterocycles. The van der Waals surface area contributed by atoms with Crippen LogP contribution in [0.2, 0.25) is 0 Å². The first-order valence-electron chi connectivity index (χ1n) is 11.4. The molecule has 0 saturated carbocycles. The Labute approximate surface area is 198 Å². The third-order valence-electron chi connectivity index (χ3n) is 6.53. The fraction of sp³-hybridized carbons (Fsp3) is 0.333. The molecule has 1 aliphatic carbocycles. The van der Waals surface area contributed by atoms with E-state index in [4.69, 9.17) is 4.74 Å². The summed E-state index contributed by atoms with van der Waals surface area (Å²) in [7, 11) is 0.